The SMILES string of the molecule is CC[C@H](C)[C@H](NC(=O)[C@@H]1CCCN1C(=O)CNC(=O)[C@H](CC(N)=O)NC(=O)[C@@H]1CCCN1C(=O)[C@H](CO)NC(=O)[C@H](Cc1ccccc1)NC(=O)[C@H](CC(C)C)NC(=O)[C@H](Cc1ccc(O)cc1)NC(=O)[C@@H](N)CC(N)=O)C(=O)N[C@@H](C)C(=O)N[C@@H](CCCNC(N)N)C(=O)N[C@@H](C)C(=O)N[C@@H](Cc1c[nH]c2ccccc12)C(=O)O. The number of carbonyl (C=O) groups is 16. The van der Waals surface area contributed by atoms with Gasteiger partial charge < -0.3 is 117 Å². The first-order chi connectivity index (χ1) is 54.5. The van der Waals surface area contributed by atoms with Gasteiger partial charge in [-0.1, -0.05) is 94.8 Å². The standard InChI is InChI=1S/C76H110N20O19/c1-7-40(4)62(73(112)86-42(6)63(102)87-50(20-13-27-82-76(80)81)67(106)85-41(5)64(103)92-55(75(114)115)33-45-36-83-49-19-12-11-18-47(45)49)94-72(111)57-21-14-28-95(57)61(101)37-84-66(105)54(35-60(79)100)91-71(110)58-22-15-29-96(58)74(113)56(38-97)93-70(109)53(31-43-16-9-8-10-17-43)90-68(107)51(30-39(2)3)89-69(108)52(32-44-23-25-46(98)26-24-44)88-65(104)48(77)34-59(78)99/h8-12,16-19,23-26,36,39-42,48,50-58,62,76,82-83,97-98H,7,13-15,20-22,27-35,37-38,77,80-81H2,1-6H3,(H2,78,99)(H2,79,100)(H,84,105)(H,85,106)(H,86,112)(H,87,102)(H,88,104)(H,89,108)(H,90,107)(H,91,110)(H,92,103)(H,93,109)(H,94,111)(H,114,115)/t40-,41-,42-,48-,50-,51-,52-,53-,54-,55-,56-,57-,58-,62-/m0/s1. The van der Waals surface area contributed by atoms with Gasteiger partial charge in [-0.2, -0.15) is 0 Å². The number of aromatic hydroxyl groups is 1. The molecule has 0 radical (unpaired) electrons. The van der Waals surface area contributed by atoms with Crippen molar-refractivity contribution in [1.29, 1.82) is 0 Å². The Bertz CT molecular complexity index is 4090. The zero-order chi connectivity index (χ0) is 84.9. The summed E-state index contributed by atoms with van der Waals surface area (Å²) < 4.78 is 0. The van der Waals surface area contributed by atoms with E-state index in [1.165, 1.54) is 43.0 Å². The third-order valence-corrected chi connectivity index (χ3v) is 19.7. The lowest BCUT2D eigenvalue weighted by atomic mass is 9.97. The van der Waals surface area contributed by atoms with Gasteiger partial charge in [0.15, 0.2) is 0 Å². The number of carbonyl (C=O) groups excluding carboxylic acids is 15. The number of phenols is 1. The van der Waals surface area contributed by atoms with Crippen LogP contribution >= 0.6 is 0 Å². The average molecular weight is 1610 g/mol. The molecule has 2 aliphatic rings. The van der Waals surface area contributed by atoms with Crippen LogP contribution in [-0.4, -0.2) is 242 Å². The second-order valence-electron chi connectivity index (χ2n) is 29.3. The molecule has 15 amide bonds. The Morgan fingerprint density at radius 3 is 1.63 bits per heavy atom. The fourth-order valence-electron chi connectivity index (χ4n) is 13.2. The van der Waals surface area contributed by atoms with Crippen LogP contribution in [0.1, 0.15) is 122 Å². The number of aliphatic hydroxyl groups is 1. The Morgan fingerprint density at radius 2 is 1.04 bits per heavy atom. The van der Waals surface area contributed by atoms with Crippen LogP contribution in [0.15, 0.2) is 85.1 Å². The Kier molecular flexibility index (Phi) is 35.8. The van der Waals surface area contributed by atoms with Crippen molar-refractivity contribution in [3.8, 4) is 5.75 Å². The summed E-state index contributed by atoms with van der Waals surface area (Å²) in [6.45, 7) is 7.87. The number of benzene rings is 3. The van der Waals surface area contributed by atoms with Crippen LogP contribution < -0.4 is 92.5 Å². The molecule has 4 aromatic rings. The fourth-order valence-corrected chi connectivity index (χ4v) is 13.2. The van der Waals surface area contributed by atoms with Gasteiger partial charge in [0.05, 0.1) is 32.0 Å². The number of aliphatic hydroxyl groups excluding tert-OH is 1. The number of aliphatic carboxylic acids is 1. The molecule has 0 aliphatic carbocycles. The van der Waals surface area contributed by atoms with Crippen molar-refractivity contribution in [1.82, 2.24) is 78.6 Å². The molecule has 3 heterocycles. The first-order valence-corrected chi connectivity index (χ1v) is 38.2. The van der Waals surface area contributed by atoms with Crippen LogP contribution in [0.4, 0.5) is 0 Å². The third-order valence-electron chi connectivity index (χ3n) is 19.7. The molecule has 3 aromatic carbocycles. The zero-order valence-electron chi connectivity index (χ0n) is 65.2. The van der Waals surface area contributed by atoms with E-state index in [9.17, 15) is 92.0 Å². The lowest BCUT2D eigenvalue weighted by molar-refractivity contribution is -0.143. The number of nitrogens with two attached hydrogens (primary N) is 5. The number of phenolic OH excluding ortho intramolecular Hbond substituents is 1. The summed E-state index contributed by atoms with van der Waals surface area (Å²) in [5.74, 6) is -15.7. The molecule has 0 unspecified atom stereocenters. The fraction of sp³-hybridized carbons (Fsp3) is 0.526. The van der Waals surface area contributed by atoms with Gasteiger partial charge in [-0.15, -0.1) is 0 Å². The number of rotatable bonds is 45. The highest BCUT2D eigenvalue weighted by atomic mass is 16.4. The molecule has 26 N–H and O–H groups in total. The lowest BCUT2D eigenvalue weighted by Gasteiger charge is -2.30. The summed E-state index contributed by atoms with van der Waals surface area (Å²) in [4.78, 5) is 224. The minimum atomic E-state index is -1.75. The quantitative estimate of drug-likeness (QED) is 0.0145. The van der Waals surface area contributed by atoms with Gasteiger partial charge in [-0.05, 0) is 112 Å². The van der Waals surface area contributed by atoms with Crippen LogP contribution in [0, 0.1) is 11.8 Å². The van der Waals surface area contributed by atoms with Crippen LogP contribution in [-0.2, 0) is 96.0 Å². The van der Waals surface area contributed by atoms with E-state index in [-0.39, 0.29) is 89.1 Å². The number of amides is 15. The first-order valence-electron chi connectivity index (χ1n) is 38.2. The molecule has 14 atom stereocenters. The van der Waals surface area contributed by atoms with Gasteiger partial charge >= 0.3 is 5.97 Å². The number of nitrogens with zero attached hydrogens (tertiary/aromatic N) is 2. The molecule has 2 aliphatic heterocycles. The smallest absolute Gasteiger partial charge is 0.326 e. The van der Waals surface area contributed by atoms with E-state index >= 15 is 0 Å². The Hall–Kier alpha value is -11.7. The normalized spacial score (nSPS) is 17.1. The number of aromatic amines is 1. The summed E-state index contributed by atoms with van der Waals surface area (Å²) in [7, 11) is 0. The van der Waals surface area contributed by atoms with E-state index in [2.05, 4.69) is 68.8 Å². The van der Waals surface area contributed by atoms with E-state index < -0.39 is 211 Å². The number of nitrogens with one attached hydrogen (secondary N) is 13. The molecule has 628 valence electrons. The second kappa shape index (κ2) is 44.7. The van der Waals surface area contributed by atoms with Crippen molar-refractivity contribution in [2.75, 3.05) is 32.8 Å². The van der Waals surface area contributed by atoms with Gasteiger partial charge in [0.25, 0.3) is 0 Å². The highest BCUT2D eigenvalue weighted by molar-refractivity contribution is 6.01. The molecule has 1 aromatic heterocycles. The molecule has 6 rings (SSSR count). The number of hydrogen-bond acceptors (Lipinski definition) is 22. The van der Waals surface area contributed by atoms with Crippen LogP contribution in [0.5, 0.6) is 5.75 Å². The summed E-state index contributed by atoms with van der Waals surface area (Å²) >= 11 is 0. The molecule has 39 heteroatoms. The highest BCUT2D eigenvalue weighted by Gasteiger charge is 2.43. The van der Waals surface area contributed by atoms with Crippen molar-refractivity contribution in [3.05, 3.63) is 102 Å². The van der Waals surface area contributed by atoms with Crippen LogP contribution in [0.25, 0.3) is 10.9 Å². The maximum Gasteiger partial charge on any atom is 0.326 e. The van der Waals surface area contributed by atoms with E-state index in [0.717, 1.165) is 15.8 Å². The molecule has 115 heavy (non-hydrogen) atoms. The van der Waals surface area contributed by atoms with Gasteiger partial charge in [0.2, 0.25) is 88.6 Å². The van der Waals surface area contributed by atoms with Gasteiger partial charge in [-0.3, -0.25) is 77.2 Å². The van der Waals surface area contributed by atoms with Crippen LogP contribution in [0.2, 0.25) is 0 Å². The zero-order valence-corrected chi connectivity index (χ0v) is 65.2. The van der Waals surface area contributed by atoms with Crippen molar-refractivity contribution < 1.29 is 92.0 Å². The topological polar surface area (TPSA) is 631 Å². The number of hydrogen-bond donors (Lipinski definition) is 21. The first kappa shape index (κ1) is 92.2. The predicted molar refractivity (Wildman–Crippen MR) is 416 cm³/mol. The molecular formula is C76H110N20O19. The summed E-state index contributed by atoms with van der Waals surface area (Å²) in [6.07, 6.45) is 0.000252. The van der Waals surface area contributed by atoms with E-state index in [0.29, 0.717) is 29.5 Å². The Balaban J connectivity index is 1.06. The van der Waals surface area contributed by atoms with E-state index in [1.54, 1.807) is 82.4 Å². The number of fused-ring (bicyclic) bond motifs is 1. The van der Waals surface area contributed by atoms with Crippen molar-refractivity contribution in [2.24, 2.45) is 40.5 Å². The summed E-state index contributed by atoms with van der Waals surface area (Å²) in [5, 5.41) is 62.2. The maximum atomic E-state index is 14.5. The Labute approximate surface area is 664 Å². The number of primary amides is 2. The van der Waals surface area contributed by atoms with Crippen molar-refractivity contribution in [3.63, 3.8) is 0 Å². The molecule has 2 fully saturated rings. The van der Waals surface area contributed by atoms with Crippen molar-refractivity contribution >= 4 is 105 Å². The molecule has 0 saturated carbocycles. The lowest BCUT2D eigenvalue weighted by Crippen LogP contribution is -2.61. The molecular weight excluding hydrogens is 1500 g/mol. The van der Waals surface area contributed by atoms with Gasteiger partial charge in [0, 0.05) is 49.5 Å². The number of carboxylic acid groups (broad SMARTS) is 1. The summed E-state index contributed by atoms with van der Waals surface area (Å²) in [5.41, 5.74) is 30.4. The van der Waals surface area contributed by atoms with E-state index in [1.807, 2.05) is 6.07 Å². The number of H-pyrrole nitrogens is 1. The number of likely N-dealkylation sites (tertiary alicyclic amines) is 2. The predicted octanol–water partition coefficient (Wildman–Crippen LogP) is -5.29. The molecule has 0 spiro atoms. The third kappa shape index (κ3) is 28.4. The van der Waals surface area contributed by atoms with E-state index in [4.69, 9.17) is 28.7 Å². The Morgan fingerprint density at radius 1 is 0.530 bits per heavy atom. The average Bonchev–Trinajstić information content (AvgIpc) is 1.73. The second-order valence-corrected chi connectivity index (χ2v) is 29.3. The highest BCUT2D eigenvalue weighted by Crippen LogP contribution is 2.24. The molecule has 0 bridgehead atoms. The van der Waals surface area contributed by atoms with Crippen molar-refractivity contribution in [2.45, 2.75) is 210 Å². The number of para-hydroxylation sites is 1. The number of carboxylic acids is 1. The molecule has 2 saturated heterocycles. The molecule has 39 nitrogen and oxygen atoms in total. The monoisotopic (exact) mass is 1610 g/mol. The minimum Gasteiger partial charge on any atom is -0.508 e. The maximum absolute atomic E-state index is 14.5. The number of aromatic nitrogens is 1. The minimum absolute atomic E-state index is 0.0128. The van der Waals surface area contributed by atoms with Gasteiger partial charge in [-0.25, -0.2) is 4.79 Å². The van der Waals surface area contributed by atoms with Crippen LogP contribution in [0.3, 0.4) is 0 Å². The summed E-state index contributed by atoms with van der Waals surface area (Å²) in [6, 6.07) is 2.80. The van der Waals surface area contributed by atoms with Gasteiger partial charge in [0.1, 0.15) is 84.5 Å². The largest absolute Gasteiger partial charge is 0.508 e.